The third-order valence-corrected chi connectivity index (χ3v) is 4.22. The number of fused-ring (bicyclic) bond motifs is 1. The molecular weight excluding hydrogens is 367 g/mol. The summed E-state index contributed by atoms with van der Waals surface area (Å²) in [6.07, 6.45) is -4.62. The molecule has 140 valence electrons. The van der Waals surface area contributed by atoms with Gasteiger partial charge in [0.1, 0.15) is 0 Å². The smallest absolute Gasteiger partial charge is 0.322 e. The Morgan fingerprint density at radius 3 is 2.18 bits per heavy atom. The van der Waals surface area contributed by atoms with E-state index in [1.54, 1.807) is 66.7 Å². The highest BCUT2D eigenvalue weighted by Gasteiger charge is 2.38. The van der Waals surface area contributed by atoms with Crippen molar-refractivity contribution >= 4 is 22.6 Å². The number of para-hydroxylation sites is 1. The number of halogens is 3. The highest BCUT2D eigenvalue weighted by atomic mass is 19.4. The molecule has 0 unspecified atom stereocenters. The normalized spacial score (nSPS) is 11.5. The summed E-state index contributed by atoms with van der Waals surface area (Å²) in [7, 11) is 0. The zero-order chi connectivity index (χ0) is 19.7. The van der Waals surface area contributed by atoms with Gasteiger partial charge in [0, 0.05) is 16.9 Å². The number of carbonyl (C=O) groups is 1. The van der Waals surface area contributed by atoms with Gasteiger partial charge in [-0.2, -0.15) is 13.2 Å². The van der Waals surface area contributed by atoms with Gasteiger partial charge in [0.2, 0.25) is 5.82 Å². The van der Waals surface area contributed by atoms with Crippen LogP contribution in [-0.4, -0.2) is 15.5 Å². The fourth-order valence-corrected chi connectivity index (χ4v) is 2.98. The molecule has 0 aliphatic rings. The third-order valence-electron chi connectivity index (χ3n) is 4.22. The number of nitrogens with zero attached hydrogens (tertiary/aromatic N) is 2. The Labute approximate surface area is 158 Å². The van der Waals surface area contributed by atoms with Gasteiger partial charge in [0.05, 0.1) is 11.0 Å². The molecule has 0 aliphatic carbocycles. The van der Waals surface area contributed by atoms with Crippen LogP contribution in [-0.2, 0) is 6.18 Å². The number of amides is 1. The Hall–Kier alpha value is -3.61. The molecule has 7 heteroatoms. The molecule has 28 heavy (non-hydrogen) atoms. The number of rotatable bonds is 3. The second kappa shape index (κ2) is 6.84. The summed E-state index contributed by atoms with van der Waals surface area (Å²) >= 11 is 0. The Morgan fingerprint density at radius 1 is 0.893 bits per heavy atom. The molecule has 0 radical (unpaired) electrons. The Morgan fingerprint density at radius 2 is 1.54 bits per heavy atom. The fraction of sp³-hybridized carbons (Fsp3) is 0.0476. The average molecular weight is 381 g/mol. The van der Waals surface area contributed by atoms with E-state index in [-0.39, 0.29) is 11.4 Å². The van der Waals surface area contributed by atoms with Gasteiger partial charge in [0.25, 0.3) is 5.91 Å². The maximum atomic E-state index is 13.6. The van der Waals surface area contributed by atoms with Crippen LogP contribution in [0.4, 0.5) is 18.9 Å². The molecule has 4 aromatic rings. The van der Waals surface area contributed by atoms with Crippen molar-refractivity contribution in [2.75, 3.05) is 5.32 Å². The standard InChI is InChI=1S/C21H14F3N3O/c22-21(23,24)20-26-17-13-15(25-19(28)14-7-3-1-4-8-14)11-12-18(17)27(20)16-9-5-2-6-10-16/h1-13H,(H,25,28). The highest BCUT2D eigenvalue weighted by Crippen LogP contribution is 2.34. The van der Waals surface area contributed by atoms with Crippen LogP contribution >= 0.6 is 0 Å². The van der Waals surface area contributed by atoms with Crippen molar-refractivity contribution in [3.63, 3.8) is 0 Å². The van der Waals surface area contributed by atoms with Crippen molar-refractivity contribution in [2.24, 2.45) is 0 Å². The van der Waals surface area contributed by atoms with Crippen molar-refractivity contribution in [2.45, 2.75) is 6.18 Å². The number of imidazole rings is 1. The van der Waals surface area contributed by atoms with Crippen molar-refractivity contribution in [1.82, 2.24) is 9.55 Å². The van der Waals surface area contributed by atoms with Crippen molar-refractivity contribution in [1.29, 1.82) is 0 Å². The maximum Gasteiger partial charge on any atom is 0.450 e. The monoisotopic (exact) mass is 381 g/mol. The Kier molecular flexibility index (Phi) is 4.35. The maximum absolute atomic E-state index is 13.6. The van der Waals surface area contributed by atoms with Gasteiger partial charge in [-0.05, 0) is 42.5 Å². The lowest BCUT2D eigenvalue weighted by atomic mass is 10.2. The van der Waals surface area contributed by atoms with E-state index in [0.717, 1.165) is 4.57 Å². The third kappa shape index (κ3) is 3.34. The summed E-state index contributed by atoms with van der Waals surface area (Å²) in [6.45, 7) is 0. The average Bonchev–Trinajstić information content (AvgIpc) is 3.08. The summed E-state index contributed by atoms with van der Waals surface area (Å²) in [5.41, 5.74) is 1.62. The van der Waals surface area contributed by atoms with E-state index in [2.05, 4.69) is 10.3 Å². The number of aromatic nitrogens is 2. The molecule has 0 atom stereocenters. The van der Waals surface area contributed by atoms with Crippen LogP contribution < -0.4 is 5.32 Å². The molecule has 1 N–H and O–H groups in total. The molecule has 0 bridgehead atoms. The molecule has 1 amide bonds. The summed E-state index contributed by atoms with van der Waals surface area (Å²) in [6, 6.07) is 21.3. The zero-order valence-electron chi connectivity index (χ0n) is 14.4. The van der Waals surface area contributed by atoms with E-state index in [1.807, 2.05) is 0 Å². The van der Waals surface area contributed by atoms with Crippen LogP contribution in [0.2, 0.25) is 0 Å². The zero-order valence-corrected chi connectivity index (χ0v) is 14.4. The van der Waals surface area contributed by atoms with E-state index >= 15 is 0 Å². The molecule has 3 aromatic carbocycles. The second-order valence-electron chi connectivity index (χ2n) is 6.13. The predicted molar refractivity (Wildman–Crippen MR) is 100 cm³/mol. The number of nitrogens with one attached hydrogen (secondary N) is 1. The number of carbonyl (C=O) groups excluding carboxylic acids is 1. The molecule has 4 rings (SSSR count). The van der Waals surface area contributed by atoms with Gasteiger partial charge in [-0.3, -0.25) is 9.36 Å². The molecule has 0 saturated heterocycles. The van der Waals surface area contributed by atoms with Crippen molar-refractivity contribution in [3.8, 4) is 5.69 Å². The van der Waals surface area contributed by atoms with Crippen molar-refractivity contribution in [3.05, 3.63) is 90.3 Å². The minimum atomic E-state index is -4.62. The SMILES string of the molecule is O=C(Nc1ccc2c(c1)nc(C(F)(F)F)n2-c1ccccc1)c1ccccc1. The first kappa shape index (κ1) is 17.8. The molecule has 0 spiro atoms. The Bertz CT molecular complexity index is 1140. The number of alkyl halides is 3. The van der Waals surface area contributed by atoms with Crippen molar-refractivity contribution < 1.29 is 18.0 Å². The molecule has 4 nitrogen and oxygen atoms in total. The van der Waals surface area contributed by atoms with Gasteiger partial charge in [0.15, 0.2) is 0 Å². The van der Waals surface area contributed by atoms with Gasteiger partial charge >= 0.3 is 6.18 Å². The first-order chi connectivity index (χ1) is 13.4. The quantitative estimate of drug-likeness (QED) is 0.524. The molecule has 0 aliphatic heterocycles. The predicted octanol–water partition coefficient (Wildman–Crippen LogP) is 5.30. The minimum absolute atomic E-state index is 0.141. The summed E-state index contributed by atoms with van der Waals surface area (Å²) in [4.78, 5) is 16.1. The van der Waals surface area contributed by atoms with Crippen LogP contribution in [0.25, 0.3) is 16.7 Å². The van der Waals surface area contributed by atoms with E-state index in [4.69, 9.17) is 0 Å². The van der Waals surface area contributed by atoms with Crippen LogP contribution in [0, 0.1) is 0 Å². The minimum Gasteiger partial charge on any atom is -0.322 e. The second-order valence-corrected chi connectivity index (χ2v) is 6.13. The van der Waals surface area contributed by atoms with Crippen LogP contribution in [0.3, 0.4) is 0 Å². The molecule has 0 fully saturated rings. The fourth-order valence-electron chi connectivity index (χ4n) is 2.98. The lowest BCUT2D eigenvalue weighted by Gasteiger charge is -2.11. The van der Waals surface area contributed by atoms with Gasteiger partial charge in [-0.1, -0.05) is 36.4 Å². The summed E-state index contributed by atoms with van der Waals surface area (Å²) < 4.78 is 41.7. The molecule has 0 saturated carbocycles. The molecule has 1 heterocycles. The van der Waals surface area contributed by atoms with Gasteiger partial charge in [-0.15, -0.1) is 0 Å². The van der Waals surface area contributed by atoms with Crippen LogP contribution in [0.1, 0.15) is 16.2 Å². The van der Waals surface area contributed by atoms with Crippen LogP contribution in [0.15, 0.2) is 78.9 Å². The van der Waals surface area contributed by atoms with Gasteiger partial charge in [-0.25, -0.2) is 4.98 Å². The molecule has 1 aromatic heterocycles. The largest absolute Gasteiger partial charge is 0.450 e. The van der Waals surface area contributed by atoms with E-state index < -0.39 is 12.0 Å². The summed E-state index contributed by atoms with van der Waals surface area (Å²) in [5, 5.41) is 2.69. The number of hydrogen-bond donors (Lipinski definition) is 1. The Balaban J connectivity index is 1.78. The topological polar surface area (TPSA) is 46.9 Å². The highest BCUT2D eigenvalue weighted by molar-refractivity contribution is 6.05. The number of anilines is 1. The first-order valence-electron chi connectivity index (χ1n) is 8.45. The first-order valence-corrected chi connectivity index (χ1v) is 8.45. The lowest BCUT2D eigenvalue weighted by molar-refractivity contribution is -0.145. The number of benzene rings is 3. The molecular formula is C21H14F3N3O. The van der Waals surface area contributed by atoms with E-state index in [0.29, 0.717) is 22.5 Å². The lowest BCUT2D eigenvalue weighted by Crippen LogP contribution is -2.13. The van der Waals surface area contributed by atoms with E-state index in [9.17, 15) is 18.0 Å². The van der Waals surface area contributed by atoms with Gasteiger partial charge < -0.3 is 5.32 Å². The summed E-state index contributed by atoms with van der Waals surface area (Å²) in [5.74, 6) is -1.36. The number of hydrogen-bond acceptors (Lipinski definition) is 2. The van der Waals surface area contributed by atoms with E-state index in [1.165, 1.54) is 12.1 Å². The van der Waals surface area contributed by atoms with Crippen LogP contribution in [0.5, 0.6) is 0 Å².